The van der Waals surface area contributed by atoms with E-state index in [1.165, 1.54) is 16.7 Å². The maximum atomic E-state index is 9.07. The number of hydrogen-bond acceptors (Lipinski definition) is 4. The second-order valence-corrected chi connectivity index (χ2v) is 6.70. The zero-order valence-electron chi connectivity index (χ0n) is 14.1. The van der Waals surface area contributed by atoms with Gasteiger partial charge in [-0.15, -0.1) is 0 Å². The largest absolute Gasteiger partial charge is 0.497 e. The van der Waals surface area contributed by atoms with Gasteiger partial charge < -0.3 is 19.0 Å². The van der Waals surface area contributed by atoms with Crippen LogP contribution in [0.5, 0.6) is 0 Å². The Balaban J connectivity index is 1.64. The van der Waals surface area contributed by atoms with Crippen molar-refractivity contribution in [1.82, 2.24) is 0 Å². The van der Waals surface area contributed by atoms with Crippen molar-refractivity contribution in [2.75, 3.05) is 20.3 Å². The van der Waals surface area contributed by atoms with E-state index in [1.807, 2.05) is 0 Å². The number of methoxy groups -OCH3 is 1. The fourth-order valence-corrected chi connectivity index (χ4v) is 3.85. The SMILES string of the molecule is COC1CC(CCCO)=Cc2cc(C3=CC4=C(CC3)OCC4)oc21. The van der Waals surface area contributed by atoms with Crippen LogP contribution in [0.25, 0.3) is 11.6 Å². The first kappa shape index (κ1) is 15.7. The van der Waals surface area contributed by atoms with E-state index in [4.69, 9.17) is 19.0 Å². The van der Waals surface area contributed by atoms with Gasteiger partial charge in [0, 0.05) is 38.5 Å². The Bertz CT molecular complexity index is 720. The van der Waals surface area contributed by atoms with E-state index < -0.39 is 0 Å². The van der Waals surface area contributed by atoms with Gasteiger partial charge in [-0.1, -0.05) is 11.6 Å². The molecule has 0 saturated carbocycles. The molecular formula is C20H24O4. The normalized spacial score (nSPS) is 22.7. The quantitative estimate of drug-likeness (QED) is 0.871. The summed E-state index contributed by atoms with van der Waals surface area (Å²) in [6.45, 7) is 1.04. The maximum absolute atomic E-state index is 9.07. The predicted molar refractivity (Wildman–Crippen MR) is 92.2 cm³/mol. The standard InChI is InChI=1S/C20H24O4/c1-22-19-10-13(3-2-7-21)9-16-12-18(24-20(16)19)14-4-5-17-15(11-14)6-8-23-17/h9,11-12,19,21H,2-8,10H2,1H3. The van der Waals surface area contributed by atoms with Crippen LogP contribution in [-0.2, 0) is 9.47 Å². The molecule has 1 aromatic heterocycles. The summed E-state index contributed by atoms with van der Waals surface area (Å²) in [4.78, 5) is 0. The number of rotatable bonds is 5. The second-order valence-electron chi connectivity index (χ2n) is 6.70. The van der Waals surface area contributed by atoms with E-state index in [1.54, 1.807) is 7.11 Å². The van der Waals surface area contributed by atoms with Crippen LogP contribution in [0.3, 0.4) is 0 Å². The number of fused-ring (bicyclic) bond motifs is 1. The molecule has 0 spiro atoms. The minimum absolute atomic E-state index is 0.0266. The molecule has 1 aliphatic heterocycles. The van der Waals surface area contributed by atoms with Gasteiger partial charge in [0.2, 0.25) is 0 Å². The van der Waals surface area contributed by atoms with Crippen LogP contribution in [0.15, 0.2) is 33.5 Å². The molecule has 0 amide bonds. The van der Waals surface area contributed by atoms with Gasteiger partial charge in [0.1, 0.15) is 17.6 Å². The summed E-state index contributed by atoms with van der Waals surface area (Å²) in [5.41, 5.74) is 5.03. The summed E-state index contributed by atoms with van der Waals surface area (Å²) in [6, 6.07) is 2.15. The highest BCUT2D eigenvalue weighted by atomic mass is 16.5. The van der Waals surface area contributed by atoms with Crippen molar-refractivity contribution in [3.8, 4) is 0 Å². The van der Waals surface area contributed by atoms with Gasteiger partial charge in [0.15, 0.2) is 0 Å². The smallest absolute Gasteiger partial charge is 0.140 e. The van der Waals surface area contributed by atoms with Crippen LogP contribution >= 0.6 is 0 Å². The second kappa shape index (κ2) is 6.61. The van der Waals surface area contributed by atoms with E-state index >= 15 is 0 Å². The lowest BCUT2D eigenvalue weighted by Gasteiger charge is -2.20. The lowest BCUT2D eigenvalue weighted by atomic mass is 9.92. The van der Waals surface area contributed by atoms with Gasteiger partial charge in [-0.3, -0.25) is 0 Å². The summed E-state index contributed by atoms with van der Waals surface area (Å²) >= 11 is 0. The van der Waals surface area contributed by atoms with Crippen LogP contribution in [0.1, 0.15) is 61.7 Å². The molecule has 4 rings (SSSR count). The molecule has 1 aromatic rings. The first-order valence-corrected chi connectivity index (χ1v) is 8.81. The summed E-state index contributed by atoms with van der Waals surface area (Å²) in [7, 11) is 1.73. The summed E-state index contributed by atoms with van der Waals surface area (Å²) < 4.78 is 17.5. The minimum atomic E-state index is -0.0266. The molecule has 4 nitrogen and oxygen atoms in total. The van der Waals surface area contributed by atoms with Crippen molar-refractivity contribution in [1.29, 1.82) is 0 Å². The van der Waals surface area contributed by atoms with Gasteiger partial charge in [-0.2, -0.15) is 0 Å². The van der Waals surface area contributed by atoms with Gasteiger partial charge in [0.05, 0.1) is 12.4 Å². The predicted octanol–water partition coefficient (Wildman–Crippen LogP) is 4.38. The molecule has 1 atom stereocenters. The number of allylic oxidation sites excluding steroid dienone is 3. The van der Waals surface area contributed by atoms with E-state index in [2.05, 4.69) is 18.2 Å². The lowest BCUT2D eigenvalue weighted by Crippen LogP contribution is -2.08. The number of ether oxygens (including phenoxy) is 2. The molecule has 0 aromatic carbocycles. The van der Waals surface area contributed by atoms with Gasteiger partial charge in [-0.25, -0.2) is 0 Å². The first-order valence-electron chi connectivity index (χ1n) is 8.81. The average Bonchev–Trinajstić information content (AvgIpc) is 3.24. The Labute approximate surface area is 142 Å². The molecule has 0 saturated heterocycles. The van der Waals surface area contributed by atoms with E-state index in [-0.39, 0.29) is 12.7 Å². The van der Waals surface area contributed by atoms with Crippen LogP contribution in [0.2, 0.25) is 0 Å². The molecule has 0 fully saturated rings. The van der Waals surface area contributed by atoms with E-state index in [9.17, 15) is 0 Å². The van der Waals surface area contributed by atoms with E-state index in [0.29, 0.717) is 0 Å². The average molecular weight is 328 g/mol. The van der Waals surface area contributed by atoms with Gasteiger partial charge >= 0.3 is 0 Å². The van der Waals surface area contributed by atoms with Crippen LogP contribution in [-0.4, -0.2) is 25.4 Å². The van der Waals surface area contributed by atoms with Crippen molar-refractivity contribution < 1.29 is 19.0 Å². The third-order valence-electron chi connectivity index (χ3n) is 5.12. The molecule has 0 radical (unpaired) electrons. The van der Waals surface area contributed by atoms with Gasteiger partial charge in [-0.05, 0) is 42.6 Å². The molecule has 3 aliphatic rings. The van der Waals surface area contributed by atoms with Crippen molar-refractivity contribution in [2.45, 2.75) is 44.6 Å². The first-order chi connectivity index (χ1) is 11.8. The molecule has 0 bridgehead atoms. The van der Waals surface area contributed by atoms with Gasteiger partial charge in [0.25, 0.3) is 0 Å². The Morgan fingerprint density at radius 2 is 2.17 bits per heavy atom. The topological polar surface area (TPSA) is 51.8 Å². The Morgan fingerprint density at radius 1 is 1.25 bits per heavy atom. The summed E-state index contributed by atoms with van der Waals surface area (Å²) in [6.07, 6.45) is 9.91. The zero-order chi connectivity index (χ0) is 16.5. The molecule has 24 heavy (non-hydrogen) atoms. The van der Waals surface area contributed by atoms with Crippen molar-refractivity contribution in [2.24, 2.45) is 0 Å². The monoisotopic (exact) mass is 328 g/mol. The molecule has 4 heteroatoms. The summed E-state index contributed by atoms with van der Waals surface area (Å²) in [5, 5.41) is 9.07. The fourth-order valence-electron chi connectivity index (χ4n) is 3.85. The zero-order valence-corrected chi connectivity index (χ0v) is 14.1. The number of furan rings is 1. The fraction of sp³-hybridized carbons (Fsp3) is 0.500. The lowest BCUT2D eigenvalue weighted by molar-refractivity contribution is 0.0816. The highest BCUT2D eigenvalue weighted by Crippen LogP contribution is 2.41. The summed E-state index contributed by atoms with van der Waals surface area (Å²) in [5.74, 6) is 3.06. The van der Waals surface area contributed by atoms with Crippen molar-refractivity contribution >= 4 is 11.6 Å². The molecule has 1 N–H and O–H groups in total. The highest BCUT2D eigenvalue weighted by molar-refractivity contribution is 5.71. The molecule has 1 unspecified atom stereocenters. The van der Waals surface area contributed by atoms with E-state index in [0.717, 1.165) is 68.0 Å². The third kappa shape index (κ3) is 2.85. The Kier molecular flexibility index (Phi) is 4.33. The molecule has 2 aliphatic carbocycles. The number of aliphatic hydroxyl groups is 1. The third-order valence-corrected chi connectivity index (χ3v) is 5.12. The van der Waals surface area contributed by atoms with Crippen LogP contribution in [0.4, 0.5) is 0 Å². The van der Waals surface area contributed by atoms with Crippen LogP contribution < -0.4 is 0 Å². The molecule has 128 valence electrons. The number of hydrogen-bond donors (Lipinski definition) is 1. The molecule has 2 heterocycles. The number of aliphatic hydroxyl groups excluding tert-OH is 1. The van der Waals surface area contributed by atoms with Crippen LogP contribution in [0, 0.1) is 0 Å². The maximum Gasteiger partial charge on any atom is 0.140 e. The minimum Gasteiger partial charge on any atom is -0.497 e. The Morgan fingerprint density at radius 3 is 3.00 bits per heavy atom. The Hall–Kier alpha value is -1.78. The molecular weight excluding hydrogens is 304 g/mol. The van der Waals surface area contributed by atoms with Crippen molar-refractivity contribution in [3.05, 3.63) is 46.1 Å². The van der Waals surface area contributed by atoms with Crippen molar-refractivity contribution in [3.63, 3.8) is 0 Å². The highest BCUT2D eigenvalue weighted by Gasteiger charge is 2.28.